The fraction of sp³-hybridized carbons (Fsp3) is 0.400. The Hall–Kier alpha value is -2.57. The Morgan fingerprint density at radius 1 is 1.32 bits per heavy atom. The van der Waals surface area contributed by atoms with Gasteiger partial charge >= 0.3 is 5.97 Å². The van der Waals surface area contributed by atoms with E-state index in [0.717, 1.165) is 6.42 Å². The van der Waals surface area contributed by atoms with Crippen LogP contribution in [-0.4, -0.2) is 42.1 Å². The first kappa shape index (κ1) is 17.5. The number of carbonyl (C=O) groups excluding carboxylic acids is 3. The molecular weight excluding hydrogens is 288 g/mol. The molecule has 7 heteroatoms. The van der Waals surface area contributed by atoms with Gasteiger partial charge in [-0.1, -0.05) is 13.0 Å². The molecule has 0 aliphatic carbocycles. The van der Waals surface area contributed by atoms with Crippen molar-refractivity contribution in [3.63, 3.8) is 0 Å². The zero-order valence-electron chi connectivity index (χ0n) is 12.6. The van der Waals surface area contributed by atoms with Crippen LogP contribution < -0.4 is 10.6 Å². The Morgan fingerprint density at radius 3 is 2.68 bits per heavy atom. The summed E-state index contributed by atoms with van der Waals surface area (Å²) in [6, 6.07) is 4.90. The van der Waals surface area contributed by atoms with Gasteiger partial charge in [-0.15, -0.1) is 0 Å². The van der Waals surface area contributed by atoms with Crippen LogP contribution in [0.2, 0.25) is 0 Å². The van der Waals surface area contributed by atoms with E-state index in [4.69, 9.17) is 4.74 Å². The Bertz CT molecular complexity index is 544. The number of hydrogen-bond acceptors (Lipinski definition) is 5. The second-order valence-corrected chi connectivity index (χ2v) is 4.71. The third kappa shape index (κ3) is 5.82. The first-order valence-electron chi connectivity index (χ1n) is 6.97. The Morgan fingerprint density at radius 2 is 2.05 bits per heavy atom. The van der Waals surface area contributed by atoms with E-state index in [2.05, 4.69) is 10.6 Å². The molecule has 0 aliphatic rings. The highest BCUT2D eigenvalue weighted by Crippen LogP contribution is 2.11. The van der Waals surface area contributed by atoms with E-state index < -0.39 is 24.5 Å². The summed E-state index contributed by atoms with van der Waals surface area (Å²) in [6.07, 6.45) is 0.800. The summed E-state index contributed by atoms with van der Waals surface area (Å²) >= 11 is 0. The Balaban J connectivity index is 2.39. The van der Waals surface area contributed by atoms with Crippen molar-refractivity contribution < 1.29 is 24.2 Å². The molecule has 3 N–H and O–H groups in total. The van der Waals surface area contributed by atoms with Crippen molar-refractivity contribution in [2.45, 2.75) is 26.3 Å². The molecule has 7 nitrogen and oxygen atoms in total. The van der Waals surface area contributed by atoms with E-state index in [9.17, 15) is 19.5 Å². The second-order valence-electron chi connectivity index (χ2n) is 4.71. The minimum atomic E-state index is -0.728. The maximum absolute atomic E-state index is 11.7. The molecule has 0 aromatic heterocycles. The fourth-order valence-corrected chi connectivity index (χ4v) is 1.60. The van der Waals surface area contributed by atoms with Gasteiger partial charge in [0.05, 0.1) is 5.56 Å². The SMILES string of the molecule is CCCNC(=O)[C@@H](C)NC(=O)COC(=O)c1cccc(O)c1. The van der Waals surface area contributed by atoms with Crippen LogP contribution >= 0.6 is 0 Å². The number of aromatic hydroxyl groups is 1. The summed E-state index contributed by atoms with van der Waals surface area (Å²) < 4.78 is 4.81. The van der Waals surface area contributed by atoms with Gasteiger partial charge < -0.3 is 20.5 Å². The molecule has 1 rings (SSSR count). The molecule has 22 heavy (non-hydrogen) atoms. The molecule has 0 saturated heterocycles. The summed E-state index contributed by atoms with van der Waals surface area (Å²) in [6.45, 7) is 3.50. The van der Waals surface area contributed by atoms with Gasteiger partial charge in [-0.25, -0.2) is 4.79 Å². The number of nitrogens with one attached hydrogen (secondary N) is 2. The van der Waals surface area contributed by atoms with Gasteiger partial charge in [-0.3, -0.25) is 9.59 Å². The maximum Gasteiger partial charge on any atom is 0.338 e. The lowest BCUT2D eigenvalue weighted by atomic mass is 10.2. The lowest BCUT2D eigenvalue weighted by Crippen LogP contribution is -2.46. The van der Waals surface area contributed by atoms with E-state index >= 15 is 0 Å². The third-order valence-electron chi connectivity index (χ3n) is 2.74. The van der Waals surface area contributed by atoms with Crippen LogP contribution in [-0.2, 0) is 14.3 Å². The van der Waals surface area contributed by atoms with Crippen LogP contribution in [0.25, 0.3) is 0 Å². The molecule has 0 heterocycles. The highest BCUT2D eigenvalue weighted by Gasteiger charge is 2.16. The van der Waals surface area contributed by atoms with E-state index in [0.29, 0.717) is 6.54 Å². The summed E-state index contributed by atoms with van der Waals surface area (Å²) in [5.41, 5.74) is 0.140. The largest absolute Gasteiger partial charge is 0.508 e. The zero-order valence-corrected chi connectivity index (χ0v) is 12.6. The molecule has 0 bridgehead atoms. The van der Waals surface area contributed by atoms with Crippen LogP contribution in [0.5, 0.6) is 5.75 Å². The van der Waals surface area contributed by atoms with Crippen molar-refractivity contribution in [2.24, 2.45) is 0 Å². The molecule has 120 valence electrons. The standard InChI is InChI=1S/C15H20N2O5/c1-3-7-16-14(20)10(2)17-13(19)9-22-15(21)11-5-4-6-12(18)8-11/h4-6,8,10,18H,3,7,9H2,1-2H3,(H,16,20)(H,17,19)/t10-/m1/s1. The van der Waals surface area contributed by atoms with E-state index in [-0.39, 0.29) is 17.2 Å². The molecule has 2 amide bonds. The number of benzene rings is 1. The number of rotatable bonds is 7. The third-order valence-corrected chi connectivity index (χ3v) is 2.74. The van der Waals surface area contributed by atoms with Gasteiger partial charge in [-0.05, 0) is 31.5 Å². The number of ether oxygens (including phenoxy) is 1. The number of phenolic OH excluding ortho intramolecular Hbond substituents is 1. The highest BCUT2D eigenvalue weighted by atomic mass is 16.5. The topological polar surface area (TPSA) is 105 Å². The smallest absolute Gasteiger partial charge is 0.338 e. The van der Waals surface area contributed by atoms with Crippen molar-refractivity contribution in [1.29, 1.82) is 0 Å². The van der Waals surface area contributed by atoms with Crippen molar-refractivity contribution in [3.05, 3.63) is 29.8 Å². The fourth-order valence-electron chi connectivity index (χ4n) is 1.60. The van der Waals surface area contributed by atoms with Gasteiger partial charge in [-0.2, -0.15) is 0 Å². The molecule has 1 aromatic carbocycles. The summed E-state index contributed by atoms with van der Waals surface area (Å²) in [7, 11) is 0. The van der Waals surface area contributed by atoms with Crippen LogP contribution in [0.15, 0.2) is 24.3 Å². The van der Waals surface area contributed by atoms with Crippen molar-refractivity contribution >= 4 is 17.8 Å². The summed E-state index contributed by atoms with van der Waals surface area (Å²) in [5.74, 6) is -1.67. The predicted octanol–water partition coefficient (Wildman–Crippen LogP) is 0.580. The minimum absolute atomic E-state index is 0.0693. The maximum atomic E-state index is 11.7. The first-order valence-corrected chi connectivity index (χ1v) is 6.97. The molecule has 0 aliphatic heterocycles. The number of hydrogen-bond donors (Lipinski definition) is 3. The number of carbonyl (C=O) groups is 3. The van der Waals surface area contributed by atoms with Gasteiger partial charge in [0.2, 0.25) is 5.91 Å². The molecule has 0 fully saturated rings. The zero-order chi connectivity index (χ0) is 16.5. The minimum Gasteiger partial charge on any atom is -0.508 e. The number of esters is 1. The van der Waals surface area contributed by atoms with Gasteiger partial charge in [0, 0.05) is 6.54 Å². The molecule has 1 atom stereocenters. The van der Waals surface area contributed by atoms with Gasteiger partial charge in [0.1, 0.15) is 11.8 Å². The predicted molar refractivity (Wildman–Crippen MR) is 79.3 cm³/mol. The quantitative estimate of drug-likeness (QED) is 0.639. The van der Waals surface area contributed by atoms with Gasteiger partial charge in [0.25, 0.3) is 5.91 Å². The van der Waals surface area contributed by atoms with E-state index in [1.54, 1.807) is 6.92 Å². The van der Waals surface area contributed by atoms with Crippen LogP contribution in [0, 0.1) is 0 Å². The lowest BCUT2D eigenvalue weighted by Gasteiger charge is -2.13. The van der Waals surface area contributed by atoms with Crippen molar-refractivity contribution in [2.75, 3.05) is 13.2 Å². The summed E-state index contributed by atoms with van der Waals surface area (Å²) in [5, 5.41) is 14.3. The molecule has 0 saturated carbocycles. The molecule has 1 aromatic rings. The summed E-state index contributed by atoms with van der Waals surface area (Å²) in [4.78, 5) is 34.9. The van der Waals surface area contributed by atoms with Crippen molar-refractivity contribution in [3.8, 4) is 5.75 Å². The van der Waals surface area contributed by atoms with E-state index in [1.165, 1.54) is 24.3 Å². The average Bonchev–Trinajstić information content (AvgIpc) is 2.50. The van der Waals surface area contributed by atoms with Crippen LogP contribution in [0.4, 0.5) is 0 Å². The second kappa shape index (κ2) is 8.66. The Kier molecular flexibility index (Phi) is 6.88. The normalized spacial score (nSPS) is 11.4. The molecule has 0 spiro atoms. The van der Waals surface area contributed by atoms with Gasteiger partial charge in [0.15, 0.2) is 6.61 Å². The molecular formula is C15H20N2O5. The van der Waals surface area contributed by atoms with Crippen LogP contribution in [0.3, 0.4) is 0 Å². The first-order chi connectivity index (χ1) is 10.4. The monoisotopic (exact) mass is 308 g/mol. The average molecular weight is 308 g/mol. The molecule has 0 radical (unpaired) electrons. The number of amides is 2. The van der Waals surface area contributed by atoms with Crippen LogP contribution in [0.1, 0.15) is 30.6 Å². The van der Waals surface area contributed by atoms with E-state index in [1.807, 2.05) is 6.92 Å². The van der Waals surface area contributed by atoms with Crippen molar-refractivity contribution in [1.82, 2.24) is 10.6 Å². The molecule has 0 unspecified atom stereocenters. The Labute approximate surface area is 128 Å². The lowest BCUT2D eigenvalue weighted by molar-refractivity contribution is -0.130. The highest BCUT2D eigenvalue weighted by molar-refractivity contribution is 5.92. The number of phenols is 1.